The second-order valence-electron chi connectivity index (χ2n) is 5.68. The lowest BCUT2D eigenvalue weighted by Gasteiger charge is -2.07. The molecular weight excluding hydrogens is 370 g/mol. The number of Topliss-reactive ketones (excluding diaryl/α,β-unsaturated/α-hetero) is 1. The van der Waals surface area contributed by atoms with E-state index in [0.29, 0.717) is 27.8 Å². The molecule has 27 heavy (non-hydrogen) atoms. The summed E-state index contributed by atoms with van der Waals surface area (Å²) in [7, 11) is 1.48. The number of aryl methyl sites for hydroxylation is 1. The molecule has 1 aromatic heterocycles. The maximum atomic E-state index is 12.5. The lowest BCUT2D eigenvalue weighted by molar-refractivity contribution is 0.0473. The van der Waals surface area contributed by atoms with E-state index in [2.05, 4.69) is 5.16 Å². The first kappa shape index (κ1) is 18.7. The summed E-state index contributed by atoms with van der Waals surface area (Å²) in [5.74, 6) is -0.291. The van der Waals surface area contributed by atoms with Gasteiger partial charge in [0.1, 0.15) is 22.8 Å². The Morgan fingerprint density at radius 2 is 1.89 bits per heavy atom. The van der Waals surface area contributed by atoms with Gasteiger partial charge in [0.2, 0.25) is 0 Å². The van der Waals surface area contributed by atoms with E-state index in [0.717, 1.165) is 5.56 Å². The van der Waals surface area contributed by atoms with Gasteiger partial charge in [-0.3, -0.25) is 4.79 Å². The van der Waals surface area contributed by atoms with Gasteiger partial charge in [0.15, 0.2) is 12.4 Å². The van der Waals surface area contributed by atoms with Gasteiger partial charge < -0.3 is 14.0 Å². The lowest BCUT2D eigenvalue weighted by atomic mass is 10.1. The SMILES string of the molecule is COc1ccc(C(=O)COC(=O)c2c(-c3ccccc3)noc2C)cc1Cl. The standard InChI is InChI=1S/C20H16ClNO5/c1-12-18(19(22-27-12)13-6-4-3-5-7-13)20(24)26-11-16(23)14-8-9-17(25-2)15(21)10-14/h3-10H,11H2,1-2H3. The number of ketones is 1. The van der Waals surface area contributed by atoms with Crippen molar-refractivity contribution in [3.05, 3.63) is 70.4 Å². The highest BCUT2D eigenvalue weighted by atomic mass is 35.5. The van der Waals surface area contributed by atoms with Crippen LogP contribution in [0.25, 0.3) is 11.3 Å². The molecule has 0 aliphatic rings. The highest BCUT2D eigenvalue weighted by Gasteiger charge is 2.24. The van der Waals surface area contributed by atoms with E-state index in [1.54, 1.807) is 31.2 Å². The summed E-state index contributed by atoms with van der Waals surface area (Å²) in [5.41, 5.74) is 1.60. The van der Waals surface area contributed by atoms with E-state index >= 15 is 0 Å². The van der Waals surface area contributed by atoms with E-state index in [9.17, 15) is 9.59 Å². The third-order valence-corrected chi connectivity index (χ3v) is 4.22. The van der Waals surface area contributed by atoms with Crippen molar-refractivity contribution in [3.63, 3.8) is 0 Å². The van der Waals surface area contributed by atoms with E-state index in [1.165, 1.54) is 13.2 Å². The number of hydrogen-bond acceptors (Lipinski definition) is 6. The van der Waals surface area contributed by atoms with Crippen LogP contribution >= 0.6 is 11.6 Å². The molecule has 3 rings (SSSR count). The minimum Gasteiger partial charge on any atom is -0.495 e. The monoisotopic (exact) mass is 385 g/mol. The number of carbonyl (C=O) groups excluding carboxylic acids is 2. The van der Waals surface area contributed by atoms with Crippen molar-refractivity contribution in [2.45, 2.75) is 6.92 Å². The predicted octanol–water partition coefficient (Wildman–Crippen LogP) is 4.35. The molecule has 138 valence electrons. The van der Waals surface area contributed by atoms with Crippen molar-refractivity contribution in [1.29, 1.82) is 0 Å². The fourth-order valence-electron chi connectivity index (χ4n) is 2.53. The Balaban J connectivity index is 1.74. The number of carbonyl (C=O) groups is 2. The number of ether oxygens (including phenoxy) is 2. The van der Waals surface area contributed by atoms with Gasteiger partial charge in [0.25, 0.3) is 0 Å². The first-order valence-electron chi connectivity index (χ1n) is 8.06. The first-order chi connectivity index (χ1) is 13.0. The van der Waals surface area contributed by atoms with E-state index in [4.69, 9.17) is 25.6 Å². The third kappa shape index (κ3) is 4.01. The summed E-state index contributed by atoms with van der Waals surface area (Å²) in [6.07, 6.45) is 0. The highest BCUT2D eigenvalue weighted by molar-refractivity contribution is 6.32. The molecule has 3 aromatic rings. The quantitative estimate of drug-likeness (QED) is 0.463. The predicted molar refractivity (Wildman–Crippen MR) is 99.3 cm³/mol. The Kier molecular flexibility index (Phi) is 5.57. The van der Waals surface area contributed by atoms with Gasteiger partial charge in [-0.15, -0.1) is 0 Å². The van der Waals surface area contributed by atoms with Gasteiger partial charge in [-0.2, -0.15) is 0 Å². The van der Waals surface area contributed by atoms with Crippen LogP contribution in [0.4, 0.5) is 0 Å². The van der Waals surface area contributed by atoms with Gasteiger partial charge in [-0.1, -0.05) is 47.1 Å². The van der Waals surface area contributed by atoms with Crippen molar-refractivity contribution < 1.29 is 23.6 Å². The lowest BCUT2D eigenvalue weighted by Crippen LogP contribution is -2.15. The molecule has 0 N–H and O–H groups in total. The molecule has 0 unspecified atom stereocenters. The number of esters is 1. The van der Waals surface area contributed by atoms with Gasteiger partial charge in [-0.05, 0) is 25.1 Å². The molecule has 1 heterocycles. The Bertz CT molecular complexity index is 981. The summed E-state index contributed by atoms with van der Waals surface area (Å²) in [5, 5.41) is 4.23. The number of aromatic nitrogens is 1. The maximum Gasteiger partial charge on any atom is 0.344 e. The number of nitrogens with zero attached hydrogens (tertiary/aromatic N) is 1. The fraction of sp³-hybridized carbons (Fsp3) is 0.150. The third-order valence-electron chi connectivity index (χ3n) is 3.92. The molecule has 0 saturated carbocycles. The van der Waals surface area contributed by atoms with Crippen LogP contribution in [0.5, 0.6) is 5.75 Å². The first-order valence-corrected chi connectivity index (χ1v) is 8.44. The Morgan fingerprint density at radius 1 is 1.15 bits per heavy atom. The normalized spacial score (nSPS) is 10.5. The average molecular weight is 386 g/mol. The Hall–Kier alpha value is -3.12. The van der Waals surface area contributed by atoms with Crippen molar-refractivity contribution in [2.75, 3.05) is 13.7 Å². The molecule has 0 atom stereocenters. The highest BCUT2D eigenvalue weighted by Crippen LogP contribution is 2.27. The summed E-state index contributed by atoms with van der Waals surface area (Å²) in [4.78, 5) is 24.8. The molecule has 0 aliphatic carbocycles. The Morgan fingerprint density at radius 3 is 2.56 bits per heavy atom. The van der Waals surface area contributed by atoms with Gasteiger partial charge in [0, 0.05) is 11.1 Å². The van der Waals surface area contributed by atoms with Crippen LogP contribution in [0.15, 0.2) is 53.1 Å². The summed E-state index contributed by atoms with van der Waals surface area (Å²) < 4.78 is 15.4. The molecule has 0 radical (unpaired) electrons. The van der Waals surface area contributed by atoms with Crippen LogP contribution in [-0.4, -0.2) is 30.6 Å². The van der Waals surface area contributed by atoms with E-state index < -0.39 is 12.6 Å². The second-order valence-corrected chi connectivity index (χ2v) is 6.08. The topological polar surface area (TPSA) is 78.6 Å². The largest absolute Gasteiger partial charge is 0.495 e. The van der Waals surface area contributed by atoms with Crippen LogP contribution in [-0.2, 0) is 4.74 Å². The molecule has 2 aromatic carbocycles. The van der Waals surface area contributed by atoms with Gasteiger partial charge in [0.05, 0.1) is 12.1 Å². The summed E-state index contributed by atoms with van der Waals surface area (Å²) >= 11 is 6.02. The molecule has 6 nitrogen and oxygen atoms in total. The van der Waals surface area contributed by atoms with Gasteiger partial charge in [-0.25, -0.2) is 4.79 Å². The summed E-state index contributed by atoms with van der Waals surface area (Å²) in [6.45, 7) is 1.18. The van der Waals surface area contributed by atoms with Crippen molar-refractivity contribution in [2.24, 2.45) is 0 Å². The fourth-order valence-corrected chi connectivity index (χ4v) is 2.79. The van der Waals surface area contributed by atoms with Crippen LogP contribution in [0.3, 0.4) is 0 Å². The van der Waals surface area contributed by atoms with Crippen LogP contribution in [0.2, 0.25) is 5.02 Å². The van der Waals surface area contributed by atoms with Crippen molar-refractivity contribution >= 4 is 23.4 Å². The summed E-state index contributed by atoms with van der Waals surface area (Å²) in [6, 6.07) is 13.7. The van der Waals surface area contributed by atoms with Crippen LogP contribution in [0.1, 0.15) is 26.5 Å². The van der Waals surface area contributed by atoms with E-state index in [1.807, 2.05) is 18.2 Å². The maximum absolute atomic E-state index is 12.5. The van der Waals surface area contributed by atoms with E-state index in [-0.39, 0.29) is 11.3 Å². The number of methoxy groups -OCH3 is 1. The number of halogens is 1. The molecule has 7 heteroatoms. The van der Waals surface area contributed by atoms with Crippen LogP contribution < -0.4 is 4.74 Å². The second kappa shape index (κ2) is 8.05. The zero-order valence-electron chi connectivity index (χ0n) is 14.7. The van der Waals surface area contributed by atoms with Crippen molar-refractivity contribution in [1.82, 2.24) is 5.16 Å². The molecule has 0 amide bonds. The van der Waals surface area contributed by atoms with Crippen LogP contribution in [0, 0.1) is 6.92 Å². The minimum absolute atomic E-state index is 0.196. The minimum atomic E-state index is -0.680. The molecular formula is C20H16ClNO5. The molecule has 0 fully saturated rings. The Labute approximate surface area is 160 Å². The average Bonchev–Trinajstić information content (AvgIpc) is 3.08. The molecule has 0 bridgehead atoms. The molecule has 0 spiro atoms. The number of benzene rings is 2. The number of rotatable bonds is 6. The molecule has 0 aliphatic heterocycles. The van der Waals surface area contributed by atoms with Crippen molar-refractivity contribution in [3.8, 4) is 17.0 Å². The van der Waals surface area contributed by atoms with Gasteiger partial charge >= 0.3 is 5.97 Å². The smallest absolute Gasteiger partial charge is 0.344 e. The zero-order chi connectivity index (χ0) is 19.4. The number of hydrogen-bond donors (Lipinski definition) is 0. The molecule has 0 saturated heterocycles. The zero-order valence-corrected chi connectivity index (χ0v) is 15.4.